The molecule has 0 amide bonds. The van der Waals surface area contributed by atoms with Crippen LogP contribution in [-0.2, 0) is 6.54 Å². The maximum absolute atomic E-state index is 13.5. The summed E-state index contributed by atoms with van der Waals surface area (Å²) in [5.74, 6) is -0.369. The molecule has 5 heteroatoms. The molecule has 1 aromatic carbocycles. The van der Waals surface area contributed by atoms with Crippen molar-refractivity contribution in [3.05, 3.63) is 47.1 Å². The molecule has 1 aromatic heterocycles. The van der Waals surface area contributed by atoms with Gasteiger partial charge in [-0.1, -0.05) is 11.6 Å². The molecule has 0 saturated heterocycles. The molecule has 0 aliphatic heterocycles. The normalized spacial score (nSPS) is 10.4. The van der Waals surface area contributed by atoms with Crippen LogP contribution in [0.2, 0.25) is 5.02 Å². The Morgan fingerprint density at radius 1 is 1.25 bits per heavy atom. The summed E-state index contributed by atoms with van der Waals surface area (Å²) in [6.45, 7) is 0.289. The van der Waals surface area contributed by atoms with Gasteiger partial charge in [0.25, 0.3) is 0 Å². The summed E-state index contributed by atoms with van der Waals surface area (Å²) in [6, 6.07) is 5.97. The molecule has 0 aliphatic rings. The van der Waals surface area contributed by atoms with Crippen molar-refractivity contribution >= 4 is 11.6 Å². The molecule has 2 N–H and O–H groups in total. The number of rotatable bonds is 2. The van der Waals surface area contributed by atoms with Crippen LogP contribution < -0.4 is 5.73 Å². The minimum absolute atomic E-state index is 0.289. The Balaban J connectivity index is 2.53. The van der Waals surface area contributed by atoms with Gasteiger partial charge in [0.1, 0.15) is 12.1 Å². The van der Waals surface area contributed by atoms with Gasteiger partial charge >= 0.3 is 0 Å². The first-order valence-electron chi connectivity index (χ1n) is 4.67. The molecule has 1 heterocycles. The first kappa shape index (κ1) is 11.0. The van der Waals surface area contributed by atoms with Crippen LogP contribution in [-0.4, -0.2) is 9.97 Å². The molecule has 16 heavy (non-hydrogen) atoms. The van der Waals surface area contributed by atoms with Crippen molar-refractivity contribution in [3.8, 4) is 11.3 Å². The van der Waals surface area contributed by atoms with E-state index in [9.17, 15) is 4.39 Å². The molecule has 2 rings (SSSR count). The van der Waals surface area contributed by atoms with Gasteiger partial charge in [0.05, 0.1) is 11.4 Å². The molecule has 3 nitrogen and oxygen atoms in total. The molecule has 82 valence electrons. The lowest BCUT2D eigenvalue weighted by Crippen LogP contribution is -2.00. The van der Waals surface area contributed by atoms with Crippen LogP contribution in [0.15, 0.2) is 30.6 Å². The summed E-state index contributed by atoms with van der Waals surface area (Å²) in [5.41, 5.74) is 6.94. The third-order valence-electron chi connectivity index (χ3n) is 2.14. The van der Waals surface area contributed by atoms with E-state index in [0.717, 1.165) is 0 Å². The zero-order chi connectivity index (χ0) is 11.5. The molecular weight excluding hydrogens is 229 g/mol. The lowest BCUT2D eigenvalue weighted by atomic mass is 10.1. The summed E-state index contributed by atoms with van der Waals surface area (Å²) >= 11 is 5.81. The number of aromatic nitrogens is 2. The Morgan fingerprint density at radius 3 is 2.81 bits per heavy atom. The van der Waals surface area contributed by atoms with Gasteiger partial charge in [0.15, 0.2) is 0 Å². The van der Waals surface area contributed by atoms with Crippen LogP contribution in [0.3, 0.4) is 0 Å². The van der Waals surface area contributed by atoms with Crippen molar-refractivity contribution in [2.24, 2.45) is 5.73 Å². The van der Waals surface area contributed by atoms with E-state index in [1.165, 1.54) is 24.5 Å². The Bertz CT molecular complexity index is 516. The second kappa shape index (κ2) is 4.55. The molecule has 0 aliphatic carbocycles. The molecule has 0 fully saturated rings. The molecule has 0 radical (unpaired) electrons. The van der Waals surface area contributed by atoms with Gasteiger partial charge < -0.3 is 5.73 Å². The van der Waals surface area contributed by atoms with Crippen LogP contribution in [0.25, 0.3) is 11.3 Å². The first-order chi connectivity index (χ1) is 7.70. The number of halogens is 2. The van der Waals surface area contributed by atoms with Crippen LogP contribution in [0, 0.1) is 5.82 Å². The van der Waals surface area contributed by atoms with Gasteiger partial charge in [-0.2, -0.15) is 0 Å². The number of nitrogens with two attached hydrogens (primary N) is 1. The average Bonchev–Trinajstić information content (AvgIpc) is 2.32. The number of hydrogen-bond donors (Lipinski definition) is 1. The molecule has 0 saturated carbocycles. The predicted molar refractivity (Wildman–Crippen MR) is 60.3 cm³/mol. The van der Waals surface area contributed by atoms with Crippen LogP contribution in [0.4, 0.5) is 4.39 Å². The fraction of sp³-hybridized carbons (Fsp3) is 0.0909. The fourth-order valence-corrected chi connectivity index (χ4v) is 1.52. The topological polar surface area (TPSA) is 51.8 Å². The zero-order valence-corrected chi connectivity index (χ0v) is 9.08. The Morgan fingerprint density at radius 2 is 2.06 bits per heavy atom. The molecular formula is C11H9ClFN3. The van der Waals surface area contributed by atoms with E-state index in [-0.39, 0.29) is 12.4 Å². The zero-order valence-electron chi connectivity index (χ0n) is 8.32. The van der Waals surface area contributed by atoms with Gasteiger partial charge in [-0.05, 0) is 24.3 Å². The smallest absolute Gasteiger partial charge is 0.132 e. The Hall–Kier alpha value is -1.52. The summed E-state index contributed by atoms with van der Waals surface area (Å²) in [7, 11) is 0. The van der Waals surface area contributed by atoms with E-state index in [0.29, 0.717) is 22.0 Å². The lowest BCUT2D eigenvalue weighted by Gasteiger charge is -2.04. The lowest BCUT2D eigenvalue weighted by molar-refractivity contribution is 0.630. The average molecular weight is 238 g/mol. The van der Waals surface area contributed by atoms with Gasteiger partial charge in [-0.3, -0.25) is 0 Å². The monoisotopic (exact) mass is 237 g/mol. The standard InChI is InChI=1S/C11H9ClFN3/c12-7-1-2-10(13)9(3-7)11-4-8(5-14)15-6-16-11/h1-4,6H,5,14H2. The molecule has 0 bridgehead atoms. The van der Waals surface area contributed by atoms with Gasteiger partial charge in [0, 0.05) is 17.1 Å². The second-order valence-corrected chi connectivity index (χ2v) is 3.66. The molecule has 0 atom stereocenters. The van der Waals surface area contributed by atoms with Crippen molar-refractivity contribution in [2.45, 2.75) is 6.54 Å². The van der Waals surface area contributed by atoms with Crippen molar-refractivity contribution in [3.63, 3.8) is 0 Å². The highest BCUT2D eigenvalue weighted by Gasteiger charge is 2.07. The van der Waals surface area contributed by atoms with Gasteiger partial charge in [-0.25, -0.2) is 14.4 Å². The van der Waals surface area contributed by atoms with E-state index in [2.05, 4.69) is 9.97 Å². The van der Waals surface area contributed by atoms with Crippen LogP contribution >= 0.6 is 11.6 Å². The maximum Gasteiger partial charge on any atom is 0.132 e. The highest BCUT2D eigenvalue weighted by Crippen LogP contribution is 2.24. The van der Waals surface area contributed by atoms with E-state index in [1.54, 1.807) is 6.07 Å². The van der Waals surface area contributed by atoms with Crippen molar-refractivity contribution in [2.75, 3.05) is 0 Å². The molecule has 2 aromatic rings. The van der Waals surface area contributed by atoms with Crippen LogP contribution in [0.5, 0.6) is 0 Å². The highest BCUT2D eigenvalue weighted by atomic mass is 35.5. The van der Waals surface area contributed by atoms with Crippen molar-refractivity contribution in [1.82, 2.24) is 9.97 Å². The molecule has 0 spiro atoms. The third kappa shape index (κ3) is 2.18. The Kier molecular flexibility index (Phi) is 3.12. The van der Waals surface area contributed by atoms with Crippen LogP contribution in [0.1, 0.15) is 5.69 Å². The van der Waals surface area contributed by atoms with Crippen molar-refractivity contribution < 1.29 is 4.39 Å². The fourth-order valence-electron chi connectivity index (χ4n) is 1.35. The highest BCUT2D eigenvalue weighted by molar-refractivity contribution is 6.30. The number of hydrogen-bond acceptors (Lipinski definition) is 3. The third-order valence-corrected chi connectivity index (χ3v) is 2.37. The van der Waals surface area contributed by atoms with Crippen molar-refractivity contribution in [1.29, 1.82) is 0 Å². The van der Waals surface area contributed by atoms with E-state index >= 15 is 0 Å². The second-order valence-electron chi connectivity index (χ2n) is 3.22. The SMILES string of the molecule is NCc1cc(-c2cc(Cl)ccc2F)ncn1. The predicted octanol–water partition coefficient (Wildman–Crippen LogP) is 2.39. The largest absolute Gasteiger partial charge is 0.325 e. The van der Waals surface area contributed by atoms with Gasteiger partial charge in [-0.15, -0.1) is 0 Å². The minimum Gasteiger partial charge on any atom is -0.325 e. The van der Waals surface area contributed by atoms with E-state index in [1.807, 2.05) is 0 Å². The van der Waals surface area contributed by atoms with E-state index < -0.39 is 0 Å². The molecule has 0 unspecified atom stereocenters. The summed E-state index contributed by atoms with van der Waals surface area (Å²) in [4.78, 5) is 7.94. The summed E-state index contributed by atoms with van der Waals surface area (Å²) in [6.07, 6.45) is 1.36. The Labute approximate surface area is 97.1 Å². The maximum atomic E-state index is 13.5. The minimum atomic E-state index is -0.369. The summed E-state index contributed by atoms with van der Waals surface area (Å²) < 4.78 is 13.5. The first-order valence-corrected chi connectivity index (χ1v) is 5.05. The summed E-state index contributed by atoms with van der Waals surface area (Å²) in [5, 5.41) is 0.462. The quantitative estimate of drug-likeness (QED) is 0.873. The number of nitrogens with zero attached hydrogens (tertiary/aromatic N) is 2. The number of benzene rings is 1. The van der Waals surface area contributed by atoms with Gasteiger partial charge in [0.2, 0.25) is 0 Å². The van der Waals surface area contributed by atoms with E-state index in [4.69, 9.17) is 17.3 Å².